The summed E-state index contributed by atoms with van der Waals surface area (Å²) in [4.78, 5) is 0. The molecule has 1 aromatic rings. The van der Waals surface area contributed by atoms with E-state index in [-0.39, 0.29) is 0 Å². The molecule has 1 aliphatic rings. The van der Waals surface area contributed by atoms with Crippen molar-refractivity contribution in [1.82, 2.24) is 0 Å². The Kier molecular flexibility index (Phi) is 12.0. The maximum atomic E-state index is 10.5. The van der Waals surface area contributed by atoms with Crippen molar-refractivity contribution in [2.75, 3.05) is 0 Å². The van der Waals surface area contributed by atoms with E-state index in [1.54, 1.807) is 5.57 Å². The summed E-state index contributed by atoms with van der Waals surface area (Å²) in [5, 5.41) is 20.9. The first kappa shape index (κ1) is 28.3. The molecule has 0 saturated heterocycles. The molecule has 0 spiro atoms. The van der Waals surface area contributed by atoms with Gasteiger partial charge in [-0.15, -0.1) is 0 Å². The van der Waals surface area contributed by atoms with Crippen LogP contribution in [0.25, 0.3) is 0 Å². The number of hydrogen-bond donors (Lipinski definition) is 2. The van der Waals surface area contributed by atoms with E-state index in [0.29, 0.717) is 17.4 Å². The highest BCUT2D eigenvalue weighted by Gasteiger charge is 2.16. The van der Waals surface area contributed by atoms with E-state index in [0.717, 1.165) is 60.8 Å². The Hall–Kier alpha value is -1.96. The van der Waals surface area contributed by atoms with Crippen molar-refractivity contribution in [3.05, 3.63) is 57.2 Å². The van der Waals surface area contributed by atoms with E-state index in [1.807, 2.05) is 20.8 Å². The fourth-order valence-corrected chi connectivity index (χ4v) is 5.10. The third-order valence-corrected chi connectivity index (χ3v) is 7.90. The van der Waals surface area contributed by atoms with E-state index >= 15 is 0 Å². The summed E-state index contributed by atoms with van der Waals surface area (Å²) in [7, 11) is 0. The van der Waals surface area contributed by atoms with E-state index in [4.69, 9.17) is 0 Å². The molecule has 0 heterocycles. The lowest BCUT2D eigenvalue weighted by atomic mass is 9.91. The van der Waals surface area contributed by atoms with Gasteiger partial charge < -0.3 is 10.2 Å². The van der Waals surface area contributed by atoms with Crippen LogP contribution in [0.1, 0.15) is 120 Å². The minimum Gasteiger partial charge on any atom is -0.507 e. The van der Waals surface area contributed by atoms with E-state index in [9.17, 15) is 10.2 Å². The number of allylic oxidation sites excluding steroid dienone is 6. The van der Waals surface area contributed by atoms with Gasteiger partial charge in [0.1, 0.15) is 11.5 Å². The number of phenolic OH excluding ortho intramolecular Hbond substituents is 2. The molecule has 0 aromatic heterocycles. The van der Waals surface area contributed by atoms with Gasteiger partial charge in [-0.2, -0.15) is 0 Å². The summed E-state index contributed by atoms with van der Waals surface area (Å²) in [5.41, 5.74) is 8.06. The van der Waals surface area contributed by atoms with Crippen LogP contribution in [0.5, 0.6) is 11.5 Å². The van der Waals surface area contributed by atoms with Crippen LogP contribution in [0, 0.1) is 26.7 Å². The fourth-order valence-electron chi connectivity index (χ4n) is 5.10. The van der Waals surface area contributed by atoms with Crippen LogP contribution < -0.4 is 0 Å². The predicted octanol–water partition coefficient (Wildman–Crippen LogP) is 9.72. The second kappa shape index (κ2) is 14.4. The predicted molar refractivity (Wildman–Crippen MR) is 148 cm³/mol. The molecule has 2 N–H and O–H groups in total. The van der Waals surface area contributed by atoms with Crippen molar-refractivity contribution >= 4 is 0 Å². The Morgan fingerprint density at radius 2 is 1.35 bits per heavy atom. The average Bonchev–Trinajstić information content (AvgIpc) is 2.82. The lowest BCUT2D eigenvalue weighted by molar-refractivity contribution is 0.435. The van der Waals surface area contributed by atoms with Crippen molar-refractivity contribution in [3.8, 4) is 11.5 Å². The quantitative estimate of drug-likeness (QED) is 0.238. The summed E-state index contributed by atoms with van der Waals surface area (Å²) < 4.78 is 0. The Balaban J connectivity index is 1.68. The zero-order valence-corrected chi connectivity index (χ0v) is 22.9. The minimum absolute atomic E-state index is 0.335. The van der Waals surface area contributed by atoms with Crippen LogP contribution in [0.3, 0.4) is 0 Å². The van der Waals surface area contributed by atoms with Gasteiger partial charge in [-0.1, -0.05) is 48.3 Å². The third-order valence-electron chi connectivity index (χ3n) is 7.90. The van der Waals surface area contributed by atoms with Gasteiger partial charge in [-0.25, -0.2) is 0 Å². The Bertz CT molecular complexity index is 848. The van der Waals surface area contributed by atoms with Crippen molar-refractivity contribution < 1.29 is 10.2 Å². The van der Waals surface area contributed by atoms with Gasteiger partial charge >= 0.3 is 0 Å². The second-order valence-electron chi connectivity index (χ2n) is 10.9. The summed E-state index contributed by atoms with van der Waals surface area (Å²) in [6.45, 7) is 12.5. The highest BCUT2D eigenvalue weighted by atomic mass is 16.3. The van der Waals surface area contributed by atoms with Gasteiger partial charge in [0.25, 0.3) is 0 Å². The van der Waals surface area contributed by atoms with Crippen LogP contribution in [-0.2, 0) is 6.42 Å². The number of aromatic hydroxyl groups is 2. The van der Waals surface area contributed by atoms with Crippen LogP contribution in [0.15, 0.2) is 34.9 Å². The Morgan fingerprint density at radius 3 is 2.03 bits per heavy atom. The molecule has 1 fully saturated rings. The number of phenols is 2. The minimum atomic E-state index is 0.335. The number of rotatable bonds is 12. The van der Waals surface area contributed by atoms with Crippen LogP contribution >= 0.6 is 0 Å². The molecule has 0 amide bonds. The molecule has 0 aliphatic heterocycles. The molecule has 1 aliphatic carbocycles. The van der Waals surface area contributed by atoms with Crippen molar-refractivity contribution in [2.24, 2.45) is 5.92 Å². The fraction of sp³-hybridized carbons (Fsp3) is 0.625. The zero-order valence-electron chi connectivity index (χ0n) is 22.9. The maximum Gasteiger partial charge on any atom is 0.122 e. The molecule has 2 nitrogen and oxygen atoms in total. The first-order valence-corrected chi connectivity index (χ1v) is 13.7. The van der Waals surface area contributed by atoms with Crippen molar-refractivity contribution in [1.29, 1.82) is 0 Å². The smallest absolute Gasteiger partial charge is 0.122 e. The highest BCUT2D eigenvalue weighted by molar-refractivity contribution is 5.56. The normalized spacial score (nSPS) is 16.1. The van der Waals surface area contributed by atoms with Gasteiger partial charge in [0.2, 0.25) is 0 Å². The lowest BCUT2D eigenvalue weighted by Gasteiger charge is -2.17. The molecule has 1 atom stereocenters. The topological polar surface area (TPSA) is 40.5 Å². The molecule has 1 aromatic carbocycles. The van der Waals surface area contributed by atoms with Crippen LogP contribution in [0.4, 0.5) is 0 Å². The van der Waals surface area contributed by atoms with Gasteiger partial charge in [-0.05, 0) is 134 Å². The molecule has 0 radical (unpaired) electrons. The molecule has 2 rings (SSSR count). The average molecular weight is 467 g/mol. The largest absolute Gasteiger partial charge is 0.507 e. The summed E-state index contributed by atoms with van der Waals surface area (Å²) >= 11 is 0. The SMILES string of the molecule is C/C(=C\CC/C(C)=C/CC[C@H](C)CCc1c(C)c(O)c(C)c(C)c1O)CCC=C1CCCCC1. The van der Waals surface area contributed by atoms with E-state index in [2.05, 4.69) is 39.0 Å². The first-order valence-electron chi connectivity index (χ1n) is 13.7. The summed E-state index contributed by atoms with van der Waals surface area (Å²) in [6.07, 6.45) is 23.1. The van der Waals surface area contributed by atoms with Crippen LogP contribution in [-0.4, -0.2) is 10.2 Å². The first-order chi connectivity index (χ1) is 16.2. The zero-order chi connectivity index (χ0) is 25.1. The maximum absolute atomic E-state index is 10.5. The lowest BCUT2D eigenvalue weighted by Crippen LogP contribution is -2.01. The number of benzene rings is 1. The van der Waals surface area contributed by atoms with Gasteiger partial charge in [0.05, 0.1) is 0 Å². The third kappa shape index (κ3) is 9.01. The van der Waals surface area contributed by atoms with E-state index < -0.39 is 0 Å². The number of hydrogen-bond acceptors (Lipinski definition) is 2. The van der Waals surface area contributed by atoms with Gasteiger partial charge in [-0.3, -0.25) is 0 Å². The molecule has 0 unspecified atom stereocenters. The van der Waals surface area contributed by atoms with Crippen molar-refractivity contribution in [3.63, 3.8) is 0 Å². The van der Waals surface area contributed by atoms with Gasteiger partial charge in [0.15, 0.2) is 0 Å². The second-order valence-corrected chi connectivity index (χ2v) is 10.9. The molecule has 0 bridgehead atoms. The molecule has 34 heavy (non-hydrogen) atoms. The highest BCUT2D eigenvalue weighted by Crippen LogP contribution is 2.37. The molecule has 190 valence electrons. The monoisotopic (exact) mass is 466 g/mol. The molecular weight excluding hydrogens is 416 g/mol. The Labute approximate surface area is 209 Å². The summed E-state index contributed by atoms with van der Waals surface area (Å²) in [6, 6.07) is 0. The van der Waals surface area contributed by atoms with E-state index in [1.165, 1.54) is 56.1 Å². The van der Waals surface area contributed by atoms with Crippen molar-refractivity contribution in [2.45, 2.75) is 125 Å². The molecule has 2 heteroatoms. The molecular formula is C32H50O2. The van der Waals surface area contributed by atoms with Gasteiger partial charge in [0, 0.05) is 5.56 Å². The Morgan fingerprint density at radius 1 is 0.765 bits per heavy atom. The molecule has 1 saturated carbocycles. The standard InChI is InChI=1S/C32H50O2/c1-23(13-10-14-24(2)17-12-20-29-18-8-7-9-19-29)15-11-16-25(3)21-22-30-28(6)31(33)26(4)27(5)32(30)34/h14-15,20,25,33-34H,7-13,16-19,21-22H2,1-6H3/b23-15+,24-14+/t25-/m0/s1. The summed E-state index contributed by atoms with van der Waals surface area (Å²) in [5.74, 6) is 1.29. The van der Waals surface area contributed by atoms with Crippen LogP contribution in [0.2, 0.25) is 0 Å².